The summed E-state index contributed by atoms with van der Waals surface area (Å²) in [4.78, 5) is 20.7. The lowest BCUT2D eigenvalue weighted by atomic mass is 9.81. The Balaban J connectivity index is 2.03. The number of carboxylic acid groups (broad SMARTS) is 1. The molecular weight excluding hydrogens is 234 g/mol. The number of carbonyl (C=O) groups is 1. The summed E-state index contributed by atoms with van der Waals surface area (Å²) >= 11 is 0. The second kappa shape index (κ2) is 4.89. The highest BCUT2D eigenvalue weighted by Crippen LogP contribution is 2.31. The highest BCUT2D eigenvalue weighted by Gasteiger charge is 2.29. The Morgan fingerprint density at radius 2 is 2.06 bits per heavy atom. The van der Waals surface area contributed by atoms with Gasteiger partial charge in [-0.15, -0.1) is 0 Å². The molecule has 1 aliphatic rings. The van der Waals surface area contributed by atoms with Crippen LogP contribution in [0.2, 0.25) is 0 Å². The SMILES string of the molecule is CC1(CO)CCN(c2cnc(C(=O)O)cn2)CC1. The number of nitrogens with zero attached hydrogens (tertiary/aromatic N) is 3. The molecule has 0 amide bonds. The zero-order chi connectivity index (χ0) is 13.2. The Bertz CT molecular complexity index is 425. The molecule has 0 atom stereocenters. The first-order valence-corrected chi connectivity index (χ1v) is 5.95. The van der Waals surface area contributed by atoms with E-state index in [9.17, 15) is 9.90 Å². The molecule has 6 nitrogen and oxygen atoms in total. The minimum Gasteiger partial charge on any atom is -0.476 e. The lowest BCUT2D eigenvalue weighted by Crippen LogP contribution is -2.40. The van der Waals surface area contributed by atoms with Crippen molar-refractivity contribution in [2.24, 2.45) is 5.41 Å². The molecule has 2 N–H and O–H groups in total. The van der Waals surface area contributed by atoms with Crippen LogP contribution in [0, 0.1) is 5.41 Å². The van der Waals surface area contributed by atoms with Gasteiger partial charge < -0.3 is 15.1 Å². The summed E-state index contributed by atoms with van der Waals surface area (Å²) in [6, 6.07) is 0. The van der Waals surface area contributed by atoms with Crippen LogP contribution in [0.25, 0.3) is 0 Å². The molecule has 0 aliphatic carbocycles. The van der Waals surface area contributed by atoms with Gasteiger partial charge in [0.25, 0.3) is 0 Å². The van der Waals surface area contributed by atoms with Gasteiger partial charge in [-0.1, -0.05) is 6.92 Å². The monoisotopic (exact) mass is 251 g/mol. The Kier molecular flexibility index (Phi) is 3.47. The number of aliphatic hydroxyl groups excluding tert-OH is 1. The second-order valence-corrected chi connectivity index (χ2v) is 5.02. The molecule has 0 bridgehead atoms. The van der Waals surface area contributed by atoms with E-state index in [1.165, 1.54) is 12.4 Å². The van der Waals surface area contributed by atoms with Gasteiger partial charge in [0.2, 0.25) is 0 Å². The highest BCUT2D eigenvalue weighted by atomic mass is 16.4. The number of anilines is 1. The second-order valence-electron chi connectivity index (χ2n) is 5.02. The van der Waals surface area contributed by atoms with E-state index < -0.39 is 5.97 Å². The predicted molar refractivity (Wildman–Crippen MR) is 65.6 cm³/mol. The lowest BCUT2D eigenvalue weighted by molar-refractivity contribution is 0.0690. The van der Waals surface area contributed by atoms with Crippen molar-refractivity contribution in [2.75, 3.05) is 24.6 Å². The Morgan fingerprint density at radius 3 is 2.50 bits per heavy atom. The zero-order valence-electron chi connectivity index (χ0n) is 10.3. The normalized spacial score (nSPS) is 18.7. The number of piperidine rings is 1. The molecule has 1 aliphatic heterocycles. The van der Waals surface area contributed by atoms with Gasteiger partial charge >= 0.3 is 5.97 Å². The molecule has 0 aromatic carbocycles. The van der Waals surface area contributed by atoms with Crippen LogP contribution in [0.3, 0.4) is 0 Å². The molecule has 1 aromatic heterocycles. The van der Waals surface area contributed by atoms with Crippen molar-refractivity contribution < 1.29 is 15.0 Å². The van der Waals surface area contributed by atoms with Crippen molar-refractivity contribution in [3.8, 4) is 0 Å². The number of rotatable bonds is 3. The van der Waals surface area contributed by atoms with Gasteiger partial charge in [0.1, 0.15) is 5.82 Å². The van der Waals surface area contributed by atoms with E-state index in [0.717, 1.165) is 25.9 Å². The molecule has 6 heteroatoms. The number of aliphatic hydroxyl groups is 1. The third-order valence-corrected chi connectivity index (χ3v) is 3.53. The largest absolute Gasteiger partial charge is 0.476 e. The summed E-state index contributed by atoms with van der Waals surface area (Å²) < 4.78 is 0. The molecule has 1 saturated heterocycles. The third kappa shape index (κ3) is 2.59. The third-order valence-electron chi connectivity index (χ3n) is 3.53. The van der Waals surface area contributed by atoms with Gasteiger partial charge in [0.05, 0.1) is 12.4 Å². The van der Waals surface area contributed by atoms with Crippen molar-refractivity contribution in [1.29, 1.82) is 0 Å². The van der Waals surface area contributed by atoms with Crippen LogP contribution in [0.15, 0.2) is 12.4 Å². The van der Waals surface area contributed by atoms with Crippen LogP contribution in [-0.2, 0) is 0 Å². The minimum atomic E-state index is -1.07. The van der Waals surface area contributed by atoms with E-state index in [-0.39, 0.29) is 17.7 Å². The molecule has 1 fully saturated rings. The molecule has 2 heterocycles. The van der Waals surface area contributed by atoms with E-state index in [2.05, 4.69) is 21.8 Å². The smallest absolute Gasteiger partial charge is 0.356 e. The Morgan fingerprint density at radius 1 is 1.39 bits per heavy atom. The van der Waals surface area contributed by atoms with Crippen LogP contribution < -0.4 is 4.90 Å². The number of hydrogen-bond acceptors (Lipinski definition) is 5. The topological polar surface area (TPSA) is 86.5 Å². The van der Waals surface area contributed by atoms with Crippen molar-refractivity contribution in [3.63, 3.8) is 0 Å². The van der Waals surface area contributed by atoms with E-state index in [1.807, 2.05) is 0 Å². The van der Waals surface area contributed by atoms with E-state index in [0.29, 0.717) is 5.82 Å². The summed E-state index contributed by atoms with van der Waals surface area (Å²) in [5.74, 6) is -0.375. The van der Waals surface area contributed by atoms with Crippen molar-refractivity contribution >= 4 is 11.8 Å². The number of carboxylic acids is 1. The summed E-state index contributed by atoms with van der Waals surface area (Å²) in [6.45, 7) is 3.88. The van der Waals surface area contributed by atoms with Crippen LogP contribution in [0.5, 0.6) is 0 Å². The van der Waals surface area contributed by atoms with E-state index in [1.54, 1.807) is 0 Å². The standard InChI is InChI=1S/C12H17N3O3/c1-12(8-16)2-4-15(5-3-12)10-7-13-9(6-14-10)11(17)18/h6-7,16H,2-5,8H2,1H3,(H,17,18). The molecule has 0 radical (unpaired) electrons. The van der Waals surface area contributed by atoms with Gasteiger partial charge in [-0.3, -0.25) is 0 Å². The molecule has 18 heavy (non-hydrogen) atoms. The molecule has 98 valence electrons. The van der Waals surface area contributed by atoms with Gasteiger partial charge in [0.15, 0.2) is 5.69 Å². The fraction of sp³-hybridized carbons (Fsp3) is 0.583. The Hall–Kier alpha value is -1.69. The summed E-state index contributed by atoms with van der Waals surface area (Å²) in [7, 11) is 0. The van der Waals surface area contributed by atoms with Crippen molar-refractivity contribution in [1.82, 2.24) is 9.97 Å². The lowest BCUT2D eigenvalue weighted by Gasteiger charge is -2.38. The first-order chi connectivity index (χ1) is 8.54. The maximum atomic E-state index is 10.7. The maximum absolute atomic E-state index is 10.7. The average Bonchev–Trinajstić information content (AvgIpc) is 2.40. The Labute approximate surface area is 105 Å². The van der Waals surface area contributed by atoms with Gasteiger partial charge in [-0.2, -0.15) is 0 Å². The molecule has 1 aromatic rings. The zero-order valence-corrected chi connectivity index (χ0v) is 10.3. The number of aromatic carboxylic acids is 1. The quantitative estimate of drug-likeness (QED) is 0.825. The van der Waals surface area contributed by atoms with Crippen LogP contribution in [0.4, 0.5) is 5.82 Å². The molecule has 0 saturated carbocycles. The molecule has 0 unspecified atom stereocenters. The summed E-state index contributed by atoms with van der Waals surface area (Å²) in [5.41, 5.74) is -0.0544. The van der Waals surface area contributed by atoms with E-state index >= 15 is 0 Å². The van der Waals surface area contributed by atoms with Gasteiger partial charge in [-0.25, -0.2) is 14.8 Å². The number of aromatic nitrogens is 2. The summed E-state index contributed by atoms with van der Waals surface area (Å²) in [5, 5.41) is 18.0. The van der Waals surface area contributed by atoms with Crippen LogP contribution in [-0.4, -0.2) is 45.8 Å². The first kappa shape index (κ1) is 12.8. The van der Waals surface area contributed by atoms with Crippen molar-refractivity contribution in [2.45, 2.75) is 19.8 Å². The van der Waals surface area contributed by atoms with Crippen LogP contribution >= 0.6 is 0 Å². The number of hydrogen-bond donors (Lipinski definition) is 2. The maximum Gasteiger partial charge on any atom is 0.356 e. The molecular formula is C12H17N3O3. The highest BCUT2D eigenvalue weighted by molar-refractivity contribution is 5.84. The average molecular weight is 251 g/mol. The van der Waals surface area contributed by atoms with Gasteiger partial charge in [-0.05, 0) is 18.3 Å². The minimum absolute atomic E-state index is 0.00899. The van der Waals surface area contributed by atoms with E-state index in [4.69, 9.17) is 5.11 Å². The predicted octanol–water partition coefficient (Wildman–Crippen LogP) is 0.774. The first-order valence-electron chi connectivity index (χ1n) is 5.95. The van der Waals surface area contributed by atoms with Crippen LogP contribution in [0.1, 0.15) is 30.3 Å². The fourth-order valence-electron chi connectivity index (χ4n) is 2.03. The van der Waals surface area contributed by atoms with Gasteiger partial charge in [0, 0.05) is 19.7 Å². The molecule has 0 spiro atoms. The molecule has 2 rings (SSSR count). The summed E-state index contributed by atoms with van der Waals surface area (Å²) in [6.07, 6.45) is 4.56. The van der Waals surface area contributed by atoms with Crippen molar-refractivity contribution in [3.05, 3.63) is 18.1 Å². The fourth-order valence-corrected chi connectivity index (χ4v) is 2.03.